The molecule has 6 heteroatoms. The van der Waals surface area contributed by atoms with Crippen molar-refractivity contribution in [1.29, 1.82) is 0 Å². The molecule has 0 spiro atoms. The van der Waals surface area contributed by atoms with Gasteiger partial charge in [0.1, 0.15) is 5.82 Å². The Morgan fingerprint density at radius 1 is 1.04 bits per heavy atom. The lowest BCUT2D eigenvalue weighted by Gasteiger charge is -2.35. The number of hydrogen-bond donors (Lipinski definition) is 0. The van der Waals surface area contributed by atoms with Crippen LogP contribution in [-0.2, 0) is 4.79 Å². The van der Waals surface area contributed by atoms with E-state index in [0.717, 1.165) is 63.8 Å². The standard InChI is InChI=1S/C17H24N4O.ClH/c22-13-21-7-1-2-16(21)14-3-6-17(18-12-14)20-10-8-19(9-11-20)15-4-5-15;/h3,6,12-13,15-16H,1-2,4-5,7-11H2;1H. The summed E-state index contributed by atoms with van der Waals surface area (Å²) in [5.41, 5.74) is 1.17. The molecule has 1 amide bonds. The van der Waals surface area contributed by atoms with E-state index < -0.39 is 0 Å². The minimum atomic E-state index is 0. The second kappa shape index (κ2) is 7.05. The van der Waals surface area contributed by atoms with Crippen LogP contribution < -0.4 is 4.90 Å². The van der Waals surface area contributed by atoms with E-state index in [2.05, 4.69) is 26.9 Å². The Hall–Kier alpha value is -1.33. The first kappa shape index (κ1) is 16.5. The summed E-state index contributed by atoms with van der Waals surface area (Å²) in [6.07, 6.45) is 7.87. The van der Waals surface area contributed by atoms with Gasteiger partial charge in [0, 0.05) is 45.0 Å². The number of amides is 1. The molecule has 1 aromatic rings. The highest BCUT2D eigenvalue weighted by molar-refractivity contribution is 5.85. The third-order valence-electron chi connectivity index (χ3n) is 5.29. The Kier molecular flexibility index (Phi) is 5.07. The third-order valence-corrected chi connectivity index (χ3v) is 5.29. The summed E-state index contributed by atoms with van der Waals surface area (Å²) in [6, 6.07) is 5.38. The van der Waals surface area contributed by atoms with Gasteiger partial charge in [-0.25, -0.2) is 4.98 Å². The van der Waals surface area contributed by atoms with Gasteiger partial charge < -0.3 is 9.80 Å². The van der Waals surface area contributed by atoms with E-state index in [9.17, 15) is 4.79 Å². The number of rotatable bonds is 4. The molecule has 1 saturated carbocycles. The van der Waals surface area contributed by atoms with E-state index in [0.29, 0.717) is 0 Å². The van der Waals surface area contributed by atoms with Gasteiger partial charge in [0.05, 0.1) is 6.04 Å². The Bertz CT molecular complexity index is 526. The predicted octanol–water partition coefficient (Wildman–Crippen LogP) is 2.08. The molecular formula is C17H25ClN4O. The summed E-state index contributed by atoms with van der Waals surface area (Å²) >= 11 is 0. The quantitative estimate of drug-likeness (QED) is 0.789. The van der Waals surface area contributed by atoms with E-state index >= 15 is 0 Å². The first-order valence-electron chi connectivity index (χ1n) is 8.51. The van der Waals surface area contributed by atoms with Crippen molar-refractivity contribution < 1.29 is 4.79 Å². The molecule has 1 aliphatic carbocycles. The molecule has 5 nitrogen and oxygen atoms in total. The normalized spacial score (nSPS) is 25.3. The van der Waals surface area contributed by atoms with Gasteiger partial charge in [-0.15, -0.1) is 12.4 Å². The zero-order valence-corrected chi connectivity index (χ0v) is 14.2. The number of carbonyl (C=O) groups is 1. The molecule has 0 bridgehead atoms. The molecule has 0 N–H and O–H groups in total. The Labute approximate surface area is 144 Å². The molecule has 0 radical (unpaired) electrons. The second-order valence-corrected chi connectivity index (χ2v) is 6.71. The van der Waals surface area contributed by atoms with Gasteiger partial charge >= 0.3 is 0 Å². The van der Waals surface area contributed by atoms with Gasteiger partial charge in [-0.1, -0.05) is 6.07 Å². The number of likely N-dealkylation sites (tertiary alicyclic amines) is 1. The molecule has 23 heavy (non-hydrogen) atoms. The van der Waals surface area contributed by atoms with Gasteiger partial charge in [0.2, 0.25) is 6.41 Å². The molecular weight excluding hydrogens is 312 g/mol. The molecule has 2 saturated heterocycles. The van der Waals surface area contributed by atoms with Crippen molar-refractivity contribution in [3.63, 3.8) is 0 Å². The molecule has 3 fully saturated rings. The summed E-state index contributed by atoms with van der Waals surface area (Å²) in [7, 11) is 0. The molecule has 1 aromatic heterocycles. The molecule has 0 aromatic carbocycles. The monoisotopic (exact) mass is 336 g/mol. The van der Waals surface area contributed by atoms with Crippen molar-refractivity contribution in [2.75, 3.05) is 37.6 Å². The number of nitrogens with zero attached hydrogens (tertiary/aromatic N) is 4. The van der Waals surface area contributed by atoms with Crippen LogP contribution in [0.3, 0.4) is 0 Å². The maximum atomic E-state index is 11.1. The average molecular weight is 337 g/mol. The number of piperazine rings is 1. The van der Waals surface area contributed by atoms with Crippen LogP contribution in [0.1, 0.15) is 37.3 Å². The maximum absolute atomic E-state index is 11.1. The Balaban J connectivity index is 0.00000156. The van der Waals surface area contributed by atoms with Crippen LogP contribution in [0.2, 0.25) is 0 Å². The van der Waals surface area contributed by atoms with E-state index in [-0.39, 0.29) is 18.4 Å². The minimum absolute atomic E-state index is 0. The zero-order chi connectivity index (χ0) is 14.9. The highest BCUT2D eigenvalue weighted by atomic mass is 35.5. The first-order chi connectivity index (χ1) is 10.8. The van der Waals surface area contributed by atoms with Crippen LogP contribution in [0.25, 0.3) is 0 Å². The van der Waals surface area contributed by atoms with Gasteiger partial charge in [-0.2, -0.15) is 0 Å². The lowest BCUT2D eigenvalue weighted by Crippen LogP contribution is -2.47. The van der Waals surface area contributed by atoms with Crippen LogP contribution in [-0.4, -0.2) is 60.0 Å². The fraction of sp³-hybridized carbons (Fsp3) is 0.647. The fourth-order valence-corrected chi connectivity index (χ4v) is 3.81. The van der Waals surface area contributed by atoms with Gasteiger partial charge in [-0.05, 0) is 37.3 Å². The molecule has 3 heterocycles. The molecule has 2 aliphatic heterocycles. The second-order valence-electron chi connectivity index (χ2n) is 6.71. The van der Waals surface area contributed by atoms with E-state index in [1.54, 1.807) is 0 Å². The molecule has 4 rings (SSSR count). The van der Waals surface area contributed by atoms with Crippen molar-refractivity contribution >= 4 is 24.6 Å². The number of aromatic nitrogens is 1. The van der Waals surface area contributed by atoms with E-state index in [1.165, 1.54) is 18.4 Å². The Morgan fingerprint density at radius 3 is 2.43 bits per heavy atom. The third kappa shape index (κ3) is 3.45. The summed E-state index contributed by atoms with van der Waals surface area (Å²) in [5, 5.41) is 0. The van der Waals surface area contributed by atoms with Crippen LogP contribution in [0.4, 0.5) is 5.82 Å². The fourth-order valence-electron chi connectivity index (χ4n) is 3.81. The number of halogens is 1. The van der Waals surface area contributed by atoms with Crippen molar-refractivity contribution in [3.8, 4) is 0 Å². The largest absolute Gasteiger partial charge is 0.354 e. The van der Waals surface area contributed by atoms with Crippen LogP contribution in [0.15, 0.2) is 18.3 Å². The minimum Gasteiger partial charge on any atom is -0.354 e. The highest BCUT2D eigenvalue weighted by Gasteiger charge is 2.31. The molecule has 126 valence electrons. The van der Waals surface area contributed by atoms with Gasteiger partial charge in [0.25, 0.3) is 0 Å². The van der Waals surface area contributed by atoms with Crippen molar-refractivity contribution in [2.24, 2.45) is 0 Å². The van der Waals surface area contributed by atoms with Gasteiger partial charge in [0.15, 0.2) is 0 Å². The predicted molar refractivity (Wildman–Crippen MR) is 93.0 cm³/mol. The number of hydrogen-bond acceptors (Lipinski definition) is 4. The van der Waals surface area contributed by atoms with E-state index in [4.69, 9.17) is 0 Å². The van der Waals surface area contributed by atoms with Crippen LogP contribution in [0.5, 0.6) is 0 Å². The van der Waals surface area contributed by atoms with Crippen LogP contribution >= 0.6 is 12.4 Å². The lowest BCUT2D eigenvalue weighted by atomic mass is 10.1. The summed E-state index contributed by atoms with van der Waals surface area (Å²) in [4.78, 5) is 22.6. The number of carbonyl (C=O) groups excluding carboxylic acids is 1. The topological polar surface area (TPSA) is 39.7 Å². The maximum Gasteiger partial charge on any atom is 0.210 e. The van der Waals surface area contributed by atoms with Crippen molar-refractivity contribution in [2.45, 2.75) is 37.8 Å². The highest BCUT2D eigenvalue weighted by Crippen LogP contribution is 2.31. The average Bonchev–Trinajstić information content (AvgIpc) is 3.32. The smallest absolute Gasteiger partial charge is 0.210 e. The summed E-state index contributed by atoms with van der Waals surface area (Å²) in [5.74, 6) is 1.08. The molecule has 1 unspecified atom stereocenters. The number of anilines is 1. The zero-order valence-electron chi connectivity index (χ0n) is 13.4. The number of pyridine rings is 1. The Morgan fingerprint density at radius 2 is 1.83 bits per heavy atom. The van der Waals surface area contributed by atoms with Gasteiger partial charge in [-0.3, -0.25) is 9.69 Å². The first-order valence-corrected chi connectivity index (χ1v) is 8.51. The molecule has 1 atom stereocenters. The van der Waals surface area contributed by atoms with Crippen LogP contribution in [0, 0.1) is 0 Å². The van der Waals surface area contributed by atoms with Crippen molar-refractivity contribution in [1.82, 2.24) is 14.8 Å². The van der Waals surface area contributed by atoms with Crippen molar-refractivity contribution in [3.05, 3.63) is 23.9 Å². The SMILES string of the molecule is Cl.O=CN1CCCC1c1ccc(N2CCN(C3CC3)CC2)nc1. The molecule has 3 aliphatic rings. The summed E-state index contributed by atoms with van der Waals surface area (Å²) < 4.78 is 0. The summed E-state index contributed by atoms with van der Waals surface area (Å²) in [6.45, 7) is 5.35. The van der Waals surface area contributed by atoms with E-state index in [1.807, 2.05) is 11.1 Å². The lowest BCUT2D eigenvalue weighted by molar-refractivity contribution is -0.118.